The topological polar surface area (TPSA) is 59.9 Å². The number of carbonyl (C=O) groups excluding carboxylic acids is 1. The zero-order valence-electron chi connectivity index (χ0n) is 16.1. The first-order chi connectivity index (χ1) is 13.7. The third-order valence-corrected chi connectivity index (χ3v) is 4.16. The average Bonchev–Trinajstić information content (AvgIpc) is 2.73. The quantitative estimate of drug-likeness (QED) is 0.464. The number of benzene rings is 3. The Morgan fingerprint density at radius 2 is 1.82 bits per heavy atom. The van der Waals surface area contributed by atoms with Gasteiger partial charge in [0.05, 0.1) is 12.8 Å². The zero-order valence-corrected chi connectivity index (χ0v) is 16.1. The van der Waals surface area contributed by atoms with E-state index in [-0.39, 0.29) is 5.91 Å². The lowest BCUT2D eigenvalue weighted by molar-refractivity contribution is -0.127. The molecule has 3 aromatic carbocycles. The van der Waals surface area contributed by atoms with Crippen molar-refractivity contribution < 1.29 is 14.3 Å². The minimum absolute atomic E-state index is 0.313. The number of ether oxygens (including phenoxy) is 2. The van der Waals surface area contributed by atoms with Crippen molar-refractivity contribution in [3.63, 3.8) is 0 Å². The molecule has 28 heavy (non-hydrogen) atoms. The van der Waals surface area contributed by atoms with Crippen molar-refractivity contribution in [1.29, 1.82) is 0 Å². The summed E-state index contributed by atoms with van der Waals surface area (Å²) in [7, 11) is 0. The molecule has 1 amide bonds. The summed E-state index contributed by atoms with van der Waals surface area (Å²) in [6, 6.07) is 21.2. The lowest BCUT2D eigenvalue weighted by Crippen LogP contribution is -2.33. The Hall–Kier alpha value is -3.34. The normalized spacial score (nSPS) is 12.1. The fourth-order valence-corrected chi connectivity index (χ4v) is 2.67. The maximum atomic E-state index is 12.3. The Bertz CT molecular complexity index is 946. The number of hydrogen-bond donors (Lipinski definition) is 1. The third kappa shape index (κ3) is 5.10. The van der Waals surface area contributed by atoms with Gasteiger partial charge in [-0.1, -0.05) is 43.3 Å². The molecule has 0 bridgehead atoms. The van der Waals surface area contributed by atoms with Crippen LogP contribution < -0.4 is 14.9 Å². The molecule has 0 saturated carbocycles. The highest BCUT2D eigenvalue weighted by atomic mass is 16.5. The first-order valence-electron chi connectivity index (χ1n) is 9.37. The molecule has 144 valence electrons. The molecule has 0 spiro atoms. The average molecular weight is 376 g/mol. The number of hydrazone groups is 1. The van der Waals surface area contributed by atoms with Gasteiger partial charge < -0.3 is 9.47 Å². The van der Waals surface area contributed by atoms with Gasteiger partial charge in [0.1, 0.15) is 11.5 Å². The van der Waals surface area contributed by atoms with Crippen LogP contribution in [-0.2, 0) is 4.79 Å². The van der Waals surface area contributed by atoms with Gasteiger partial charge in [-0.3, -0.25) is 4.79 Å². The number of carbonyl (C=O) groups is 1. The Morgan fingerprint density at radius 1 is 1.07 bits per heavy atom. The number of rotatable bonds is 8. The third-order valence-electron chi connectivity index (χ3n) is 4.16. The summed E-state index contributed by atoms with van der Waals surface area (Å²) in [5, 5.41) is 6.05. The molecule has 0 aliphatic rings. The van der Waals surface area contributed by atoms with Gasteiger partial charge in [0.25, 0.3) is 5.91 Å². The predicted molar refractivity (Wildman–Crippen MR) is 112 cm³/mol. The van der Waals surface area contributed by atoms with Crippen molar-refractivity contribution in [3.8, 4) is 11.5 Å². The molecule has 0 heterocycles. The van der Waals surface area contributed by atoms with E-state index >= 15 is 0 Å². The Balaban J connectivity index is 1.56. The molecule has 5 nitrogen and oxygen atoms in total. The van der Waals surface area contributed by atoms with E-state index in [1.54, 1.807) is 13.1 Å². The molecule has 3 aromatic rings. The van der Waals surface area contributed by atoms with E-state index in [0.717, 1.165) is 28.5 Å². The lowest BCUT2D eigenvalue weighted by atomic mass is 10.1. The standard InChI is InChI=1S/C23H24N2O3/c1-3-15-27-20-13-11-18(12-14-20)16-24-25-23(26)17(2)28-22-10-6-8-19-7-4-5-9-21(19)22/h4-14,16-17H,3,15H2,1-2H3,(H,25,26)/b24-16+. The van der Waals surface area contributed by atoms with Crippen LogP contribution in [0.4, 0.5) is 0 Å². The van der Waals surface area contributed by atoms with Crippen LogP contribution >= 0.6 is 0 Å². The molecule has 0 saturated heterocycles. The molecule has 5 heteroatoms. The highest BCUT2D eigenvalue weighted by molar-refractivity contribution is 5.89. The number of hydrogen-bond acceptors (Lipinski definition) is 4. The molecule has 0 aliphatic carbocycles. The largest absolute Gasteiger partial charge is 0.494 e. The fourth-order valence-electron chi connectivity index (χ4n) is 2.67. The monoisotopic (exact) mass is 376 g/mol. The maximum Gasteiger partial charge on any atom is 0.280 e. The first-order valence-corrected chi connectivity index (χ1v) is 9.37. The summed E-state index contributed by atoms with van der Waals surface area (Å²) in [6.07, 6.45) is 1.88. The van der Waals surface area contributed by atoms with Crippen LogP contribution in [0.2, 0.25) is 0 Å². The van der Waals surface area contributed by atoms with E-state index in [1.807, 2.05) is 66.7 Å². The highest BCUT2D eigenvalue weighted by Gasteiger charge is 2.15. The summed E-state index contributed by atoms with van der Waals surface area (Å²) in [4.78, 5) is 12.3. The van der Waals surface area contributed by atoms with Gasteiger partial charge in [-0.05, 0) is 54.6 Å². The second-order valence-electron chi connectivity index (χ2n) is 6.39. The second kappa shape index (κ2) is 9.55. The summed E-state index contributed by atoms with van der Waals surface area (Å²) in [5.41, 5.74) is 3.39. The number of nitrogens with one attached hydrogen (secondary N) is 1. The van der Waals surface area contributed by atoms with Gasteiger partial charge in [0.2, 0.25) is 0 Å². The maximum absolute atomic E-state index is 12.3. The SMILES string of the molecule is CCCOc1ccc(/C=N/NC(=O)C(C)Oc2cccc3ccccc23)cc1. The molecular formula is C23H24N2O3. The minimum Gasteiger partial charge on any atom is -0.494 e. The molecule has 1 N–H and O–H groups in total. The van der Waals surface area contributed by atoms with Crippen molar-refractivity contribution in [2.75, 3.05) is 6.61 Å². The van der Waals surface area contributed by atoms with Crippen molar-refractivity contribution in [1.82, 2.24) is 5.43 Å². The van der Waals surface area contributed by atoms with Crippen LogP contribution in [0.25, 0.3) is 10.8 Å². The van der Waals surface area contributed by atoms with Crippen LogP contribution in [0.15, 0.2) is 71.8 Å². The van der Waals surface area contributed by atoms with E-state index in [2.05, 4.69) is 17.5 Å². The van der Waals surface area contributed by atoms with Crippen LogP contribution in [0.3, 0.4) is 0 Å². The summed E-state index contributed by atoms with van der Waals surface area (Å²) < 4.78 is 11.4. The Labute approximate surface area is 165 Å². The Morgan fingerprint density at radius 3 is 2.61 bits per heavy atom. The Kier molecular flexibility index (Phi) is 6.63. The van der Waals surface area contributed by atoms with Crippen molar-refractivity contribution in [2.24, 2.45) is 5.10 Å². The van der Waals surface area contributed by atoms with Crippen LogP contribution in [0.1, 0.15) is 25.8 Å². The smallest absolute Gasteiger partial charge is 0.280 e. The van der Waals surface area contributed by atoms with Crippen molar-refractivity contribution >= 4 is 22.9 Å². The van der Waals surface area contributed by atoms with Crippen LogP contribution in [-0.4, -0.2) is 24.8 Å². The molecule has 0 radical (unpaired) electrons. The van der Waals surface area contributed by atoms with E-state index in [4.69, 9.17) is 9.47 Å². The van der Waals surface area contributed by atoms with Crippen LogP contribution in [0.5, 0.6) is 11.5 Å². The van der Waals surface area contributed by atoms with E-state index < -0.39 is 6.10 Å². The van der Waals surface area contributed by atoms with Crippen molar-refractivity contribution in [3.05, 3.63) is 72.3 Å². The van der Waals surface area contributed by atoms with Crippen LogP contribution in [0, 0.1) is 0 Å². The molecule has 0 aliphatic heterocycles. The molecule has 1 unspecified atom stereocenters. The first kappa shape index (κ1) is 19.4. The molecule has 1 atom stereocenters. The number of fused-ring (bicyclic) bond motifs is 1. The van der Waals surface area contributed by atoms with Gasteiger partial charge in [-0.15, -0.1) is 0 Å². The molecule has 0 aromatic heterocycles. The van der Waals surface area contributed by atoms with E-state index in [9.17, 15) is 4.79 Å². The molecule has 3 rings (SSSR count). The summed E-state index contributed by atoms with van der Waals surface area (Å²) >= 11 is 0. The van der Waals surface area contributed by atoms with Gasteiger partial charge in [0, 0.05) is 5.39 Å². The van der Waals surface area contributed by atoms with E-state index in [0.29, 0.717) is 12.4 Å². The number of amides is 1. The lowest BCUT2D eigenvalue weighted by Gasteiger charge is -2.14. The van der Waals surface area contributed by atoms with Gasteiger partial charge >= 0.3 is 0 Å². The van der Waals surface area contributed by atoms with Gasteiger partial charge in [0.15, 0.2) is 6.10 Å². The van der Waals surface area contributed by atoms with E-state index in [1.165, 1.54) is 0 Å². The molecular weight excluding hydrogens is 352 g/mol. The van der Waals surface area contributed by atoms with Gasteiger partial charge in [-0.2, -0.15) is 5.10 Å². The molecule has 0 fully saturated rings. The summed E-state index contributed by atoms with van der Waals surface area (Å²) in [5.74, 6) is 1.18. The fraction of sp³-hybridized carbons (Fsp3) is 0.217. The van der Waals surface area contributed by atoms with Gasteiger partial charge in [-0.25, -0.2) is 5.43 Å². The number of nitrogens with zero attached hydrogens (tertiary/aromatic N) is 1. The predicted octanol–water partition coefficient (Wildman–Crippen LogP) is 4.55. The zero-order chi connectivity index (χ0) is 19.8. The minimum atomic E-state index is -0.673. The highest BCUT2D eigenvalue weighted by Crippen LogP contribution is 2.26. The second-order valence-corrected chi connectivity index (χ2v) is 6.39. The van der Waals surface area contributed by atoms with Crippen molar-refractivity contribution in [2.45, 2.75) is 26.4 Å². The summed E-state index contributed by atoms with van der Waals surface area (Å²) in [6.45, 7) is 4.46.